The van der Waals surface area contributed by atoms with Gasteiger partial charge in [0.1, 0.15) is 0 Å². The summed E-state index contributed by atoms with van der Waals surface area (Å²) in [6, 6.07) is 2.38. The SMILES string of the molecule is C1=CC2=Cc3ccnn3C2C=C1. The molecule has 0 amide bonds. The van der Waals surface area contributed by atoms with Crippen molar-refractivity contribution in [3.8, 4) is 0 Å². The third kappa shape index (κ3) is 0.619. The first-order chi connectivity index (χ1) is 5.95. The number of nitrogens with zero attached hydrogens (tertiary/aromatic N) is 2. The number of fused-ring (bicyclic) bond motifs is 3. The van der Waals surface area contributed by atoms with Crippen molar-refractivity contribution in [3.05, 3.63) is 47.8 Å². The maximum Gasteiger partial charge on any atom is 0.0960 e. The van der Waals surface area contributed by atoms with Crippen molar-refractivity contribution in [2.24, 2.45) is 0 Å². The van der Waals surface area contributed by atoms with E-state index in [1.807, 2.05) is 16.9 Å². The lowest BCUT2D eigenvalue weighted by Crippen LogP contribution is -2.06. The van der Waals surface area contributed by atoms with Crippen LogP contribution in [0, 0.1) is 0 Å². The quantitative estimate of drug-likeness (QED) is 0.561. The summed E-state index contributed by atoms with van der Waals surface area (Å²) in [5, 5.41) is 4.26. The minimum Gasteiger partial charge on any atom is -0.254 e. The predicted molar refractivity (Wildman–Crippen MR) is 47.5 cm³/mol. The Morgan fingerprint density at radius 2 is 2.33 bits per heavy atom. The summed E-state index contributed by atoms with van der Waals surface area (Å²) in [5.74, 6) is 0. The smallest absolute Gasteiger partial charge is 0.0960 e. The minimum absolute atomic E-state index is 0.347. The van der Waals surface area contributed by atoms with E-state index < -0.39 is 0 Å². The van der Waals surface area contributed by atoms with Crippen molar-refractivity contribution >= 4 is 6.08 Å². The van der Waals surface area contributed by atoms with Crippen LogP contribution in [0.4, 0.5) is 0 Å². The van der Waals surface area contributed by atoms with Gasteiger partial charge in [0.25, 0.3) is 0 Å². The van der Waals surface area contributed by atoms with E-state index >= 15 is 0 Å². The number of allylic oxidation sites excluding steroid dienone is 5. The Balaban J connectivity index is 2.23. The average molecular weight is 156 g/mol. The van der Waals surface area contributed by atoms with Crippen LogP contribution in [0.5, 0.6) is 0 Å². The Morgan fingerprint density at radius 3 is 3.33 bits per heavy atom. The lowest BCUT2D eigenvalue weighted by atomic mass is 10.0. The molecule has 2 aliphatic rings. The van der Waals surface area contributed by atoms with Crippen LogP contribution in [0.15, 0.2) is 42.1 Å². The van der Waals surface area contributed by atoms with Gasteiger partial charge < -0.3 is 0 Å². The van der Waals surface area contributed by atoms with E-state index in [4.69, 9.17) is 0 Å². The highest BCUT2D eigenvalue weighted by Crippen LogP contribution is 2.32. The molecule has 2 nitrogen and oxygen atoms in total. The van der Waals surface area contributed by atoms with Crippen molar-refractivity contribution in [2.45, 2.75) is 6.04 Å². The molecular formula is C10H8N2. The van der Waals surface area contributed by atoms with Gasteiger partial charge in [0, 0.05) is 6.20 Å². The van der Waals surface area contributed by atoms with Gasteiger partial charge in [-0.3, -0.25) is 4.68 Å². The average Bonchev–Trinajstić information content (AvgIpc) is 2.62. The first-order valence-corrected chi connectivity index (χ1v) is 4.05. The van der Waals surface area contributed by atoms with Gasteiger partial charge in [0.05, 0.1) is 11.7 Å². The van der Waals surface area contributed by atoms with Crippen LogP contribution in [0.25, 0.3) is 6.08 Å². The Bertz CT molecular complexity index is 407. The summed E-state index contributed by atoms with van der Waals surface area (Å²) in [6.07, 6.45) is 12.5. The molecule has 3 rings (SSSR count). The van der Waals surface area contributed by atoms with E-state index in [2.05, 4.69) is 35.5 Å². The summed E-state index contributed by atoms with van der Waals surface area (Å²) < 4.78 is 2.04. The molecule has 58 valence electrons. The molecule has 0 bridgehead atoms. The Hall–Kier alpha value is -1.57. The minimum atomic E-state index is 0.347. The zero-order valence-corrected chi connectivity index (χ0v) is 6.51. The molecule has 1 atom stereocenters. The second-order valence-corrected chi connectivity index (χ2v) is 3.03. The van der Waals surface area contributed by atoms with Gasteiger partial charge in [-0.15, -0.1) is 0 Å². The maximum absolute atomic E-state index is 4.26. The number of hydrogen-bond donors (Lipinski definition) is 0. The lowest BCUT2D eigenvalue weighted by Gasteiger charge is -2.11. The standard InChI is InChI=1S/C10H8N2/c1-2-4-10-8(3-1)7-9-5-6-11-12(9)10/h1-7,10H. The van der Waals surface area contributed by atoms with Crippen LogP contribution < -0.4 is 0 Å². The van der Waals surface area contributed by atoms with Crippen molar-refractivity contribution in [2.75, 3.05) is 0 Å². The molecule has 1 unspecified atom stereocenters. The van der Waals surface area contributed by atoms with Crippen molar-refractivity contribution < 1.29 is 0 Å². The van der Waals surface area contributed by atoms with Gasteiger partial charge in [0.15, 0.2) is 0 Å². The van der Waals surface area contributed by atoms with E-state index in [0.29, 0.717) is 6.04 Å². The van der Waals surface area contributed by atoms with Gasteiger partial charge in [-0.05, 0) is 17.7 Å². The summed E-state index contributed by atoms with van der Waals surface area (Å²) in [4.78, 5) is 0. The molecule has 0 spiro atoms. The van der Waals surface area contributed by atoms with Crippen LogP contribution in [-0.4, -0.2) is 9.78 Å². The van der Waals surface area contributed by atoms with Gasteiger partial charge in [-0.1, -0.05) is 24.3 Å². The normalized spacial score (nSPS) is 23.7. The van der Waals surface area contributed by atoms with Crippen molar-refractivity contribution in [1.29, 1.82) is 0 Å². The van der Waals surface area contributed by atoms with Crippen molar-refractivity contribution in [1.82, 2.24) is 9.78 Å². The third-order valence-corrected chi connectivity index (χ3v) is 2.31. The maximum atomic E-state index is 4.26. The second-order valence-electron chi connectivity index (χ2n) is 3.03. The fourth-order valence-electron chi connectivity index (χ4n) is 1.74. The highest BCUT2D eigenvalue weighted by molar-refractivity contribution is 5.61. The van der Waals surface area contributed by atoms with E-state index in [1.54, 1.807) is 0 Å². The molecule has 1 aliphatic heterocycles. The fourth-order valence-corrected chi connectivity index (χ4v) is 1.74. The van der Waals surface area contributed by atoms with Crippen LogP contribution in [0.3, 0.4) is 0 Å². The summed E-state index contributed by atoms with van der Waals surface area (Å²) >= 11 is 0. The summed E-state index contributed by atoms with van der Waals surface area (Å²) in [7, 11) is 0. The molecule has 0 saturated heterocycles. The molecule has 0 fully saturated rings. The van der Waals surface area contributed by atoms with E-state index in [9.17, 15) is 0 Å². The largest absolute Gasteiger partial charge is 0.254 e. The van der Waals surface area contributed by atoms with Gasteiger partial charge in [-0.25, -0.2) is 0 Å². The van der Waals surface area contributed by atoms with Gasteiger partial charge >= 0.3 is 0 Å². The van der Waals surface area contributed by atoms with Gasteiger partial charge in [0.2, 0.25) is 0 Å². The lowest BCUT2D eigenvalue weighted by molar-refractivity contribution is 0.624. The van der Waals surface area contributed by atoms with Crippen LogP contribution in [0.2, 0.25) is 0 Å². The molecule has 2 heterocycles. The van der Waals surface area contributed by atoms with E-state index in [-0.39, 0.29) is 0 Å². The number of hydrogen-bond acceptors (Lipinski definition) is 1. The van der Waals surface area contributed by atoms with Gasteiger partial charge in [-0.2, -0.15) is 5.10 Å². The monoisotopic (exact) mass is 156 g/mol. The first kappa shape index (κ1) is 6.00. The third-order valence-electron chi connectivity index (χ3n) is 2.31. The summed E-state index contributed by atoms with van der Waals surface area (Å²) in [5.41, 5.74) is 2.53. The van der Waals surface area contributed by atoms with Crippen LogP contribution in [0.1, 0.15) is 11.7 Å². The van der Waals surface area contributed by atoms with Crippen LogP contribution >= 0.6 is 0 Å². The van der Waals surface area contributed by atoms with Crippen LogP contribution in [-0.2, 0) is 0 Å². The molecule has 0 N–H and O–H groups in total. The highest BCUT2D eigenvalue weighted by Gasteiger charge is 2.21. The molecule has 0 saturated carbocycles. The number of rotatable bonds is 0. The zero-order chi connectivity index (χ0) is 7.97. The molecule has 0 radical (unpaired) electrons. The molecule has 1 aliphatic carbocycles. The first-order valence-electron chi connectivity index (χ1n) is 4.05. The predicted octanol–water partition coefficient (Wildman–Crippen LogP) is 1.95. The topological polar surface area (TPSA) is 17.8 Å². The molecule has 1 aromatic rings. The van der Waals surface area contributed by atoms with E-state index in [1.165, 1.54) is 11.3 Å². The fraction of sp³-hybridized carbons (Fsp3) is 0.100. The molecule has 0 aromatic carbocycles. The highest BCUT2D eigenvalue weighted by atomic mass is 15.3. The van der Waals surface area contributed by atoms with Crippen molar-refractivity contribution in [3.63, 3.8) is 0 Å². The molecule has 2 heteroatoms. The number of aromatic nitrogens is 2. The summed E-state index contributed by atoms with van der Waals surface area (Å²) in [6.45, 7) is 0. The Morgan fingerprint density at radius 1 is 1.33 bits per heavy atom. The molecule has 12 heavy (non-hydrogen) atoms. The molecular weight excluding hydrogens is 148 g/mol. The Kier molecular flexibility index (Phi) is 0.987. The molecule has 1 aromatic heterocycles. The zero-order valence-electron chi connectivity index (χ0n) is 6.51. The van der Waals surface area contributed by atoms with E-state index in [0.717, 1.165) is 0 Å². The second kappa shape index (κ2) is 1.97. The Labute approximate surface area is 70.5 Å².